The van der Waals surface area contributed by atoms with E-state index in [-0.39, 0.29) is 6.04 Å². The van der Waals surface area contributed by atoms with E-state index in [0.717, 1.165) is 11.3 Å². The van der Waals surface area contributed by atoms with Gasteiger partial charge in [-0.3, -0.25) is 0 Å². The molecule has 0 fully saturated rings. The second-order valence-corrected chi connectivity index (χ2v) is 2.69. The van der Waals surface area contributed by atoms with E-state index in [1.54, 1.807) is 4.52 Å². The third-order valence-electron chi connectivity index (χ3n) is 1.72. The van der Waals surface area contributed by atoms with Gasteiger partial charge in [0.05, 0.1) is 5.69 Å². The highest BCUT2D eigenvalue weighted by Crippen LogP contribution is 2.09. The highest BCUT2D eigenvalue weighted by Gasteiger charge is 2.05. The summed E-state index contributed by atoms with van der Waals surface area (Å²) < 4.78 is 1.64. The van der Waals surface area contributed by atoms with Crippen LogP contribution in [0.25, 0.3) is 5.65 Å². The van der Waals surface area contributed by atoms with Gasteiger partial charge in [-0.2, -0.15) is 4.52 Å². The van der Waals surface area contributed by atoms with E-state index < -0.39 is 0 Å². The Balaban J connectivity index is 2.73. The summed E-state index contributed by atoms with van der Waals surface area (Å²) in [5, 5.41) is 11.2. The molecule has 2 aromatic rings. The van der Waals surface area contributed by atoms with Crippen molar-refractivity contribution in [3.63, 3.8) is 0 Å². The lowest BCUT2D eigenvalue weighted by Crippen LogP contribution is -2.10. The minimum absolute atomic E-state index is 0.0581. The summed E-state index contributed by atoms with van der Waals surface area (Å²) >= 11 is 0. The Labute approximate surface area is 69.2 Å². The first-order valence-electron chi connectivity index (χ1n) is 3.71. The number of aromatic nitrogens is 4. The normalized spacial score (nSPS) is 13.5. The average Bonchev–Trinajstić information content (AvgIpc) is 2.49. The van der Waals surface area contributed by atoms with Crippen LogP contribution in [0.5, 0.6) is 0 Å². The average molecular weight is 163 g/mol. The van der Waals surface area contributed by atoms with Gasteiger partial charge in [-0.05, 0) is 29.5 Å². The Kier molecular flexibility index (Phi) is 1.51. The highest BCUT2D eigenvalue weighted by atomic mass is 15.5. The first-order chi connectivity index (χ1) is 5.79. The molecule has 0 aliphatic heterocycles. The minimum atomic E-state index is -0.0581. The van der Waals surface area contributed by atoms with Crippen LogP contribution in [-0.2, 0) is 0 Å². The summed E-state index contributed by atoms with van der Waals surface area (Å²) in [6.45, 7) is 1.90. The van der Waals surface area contributed by atoms with E-state index in [1.165, 1.54) is 0 Å². The SMILES string of the molecule is CC(N)c1cccc2nnnn12. The number of hydrogen-bond donors (Lipinski definition) is 1. The molecule has 2 N–H and O–H groups in total. The molecule has 0 saturated carbocycles. The standard InChI is InChI=1S/C7H9N5/c1-5(8)6-3-2-4-7-9-10-11-12(6)7/h2-5H,8H2,1H3. The lowest BCUT2D eigenvalue weighted by molar-refractivity contribution is 0.704. The molecule has 5 nitrogen and oxygen atoms in total. The van der Waals surface area contributed by atoms with Crippen molar-refractivity contribution < 1.29 is 0 Å². The van der Waals surface area contributed by atoms with Gasteiger partial charge in [-0.15, -0.1) is 5.10 Å². The first-order valence-corrected chi connectivity index (χ1v) is 3.71. The Morgan fingerprint density at radius 3 is 3.08 bits per heavy atom. The monoisotopic (exact) mass is 163 g/mol. The molecule has 0 spiro atoms. The van der Waals surface area contributed by atoms with Gasteiger partial charge >= 0.3 is 0 Å². The molecule has 0 aromatic carbocycles. The van der Waals surface area contributed by atoms with Crippen LogP contribution in [0.15, 0.2) is 18.2 Å². The van der Waals surface area contributed by atoms with E-state index >= 15 is 0 Å². The van der Waals surface area contributed by atoms with Crippen molar-refractivity contribution in [3.05, 3.63) is 23.9 Å². The van der Waals surface area contributed by atoms with Gasteiger partial charge in [-0.1, -0.05) is 6.07 Å². The van der Waals surface area contributed by atoms with Crippen LogP contribution in [0.4, 0.5) is 0 Å². The highest BCUT2D eigenvalue weighted by molar-refractivity contribution is 5.36. The number of fused-ring (bicyclic) bond motifs is 1. The maximum absolute atomic E-state index is 5.72. The van der Waals surface area contributed by atoms with Crippen LogP contribution in [0.2, 0.25) is 0 Å². The van der Waals surface area contributed by atoms with E-state index in [0.29, 0.717) is 0 Å². The third-order valence-corrected chi connectivity index (χ3v) is 1.72. The van der Waals surface area contributed by atoms with Crippen molar-refractivity contribution in [2.45, 2.75) is 13.0 Å². The van der Waals surface area contributed by atoms with E-state index in [2.05, 4.69) is 15.5 Å². The van der Waals surface area contributed by atoms with Crippen molar-refractivity contribution >= 4 is 5.65 Å². The molecule has 1 unspecified atom stereocenters. The summed E-state index contributed by atoms with van der Waals surface area (Å²) in [5.74, 6) is 0. The Hall–Kier alpha value is -1.49. The summed E-state index contributed by atoms with van der Waals surface area (Å²) in [6, 6.07) is 5.58. The number of nitrogens with zero attached hydrogens (tertiary/aromatic N) is 4. The summed E-state index contributed by atoms with van der Waals surface area (Å²) in [6.07, 6.45) is 0. The number of tetrazole rings is 1. The predicted molar refractivity (Wildman–Crippen MR) is 43.4 cm³/mol. The van der Waals surface area contributed by atoms with Crippen LogP contribution < -0.4 is 5.73 Å². The molecule has 12 heavy (non-hydrogen) atoms. The quantitative estimate of drug-likeness (QED) is 0.649. The molecule has 2 heterocycles. The molecule has 2 aromatic heterocycles. The van der Waals surface area contributed by atoms with Crippen molar-refractivity contribution in [2.75, 3.05) is 0 Å². The maximum atomic E-state index is 5.72. The predicted octanol–water partition coefficient (Wildman–Crippen LogP) is 0.144. The zero-order valence-electron chi connectivity index (χ0n) is 6.68. The second kappa shape index (κ2) is 2.53. The van der Waals surface area contributed by atoms with Gasteiger partial charge in [0.25, 0.3) is 0 Å². The van der Waals surface area contributed by atoms with Gasteiger partial charge in [-0.25, -0.2) is 0 Å². The zero-order chi connectivity index (χ0) is 8.55. The van der Waals surface area contributed by atoms with Gasteiger partial charge in [0.1, 0.15) is 0 Å². The summed E-state index contributed by atoms with van der Waals surface area (Å²) in [4.78, 5) is 0. The van der Waals surface area contributed by atoms with Crippen molar-refractivity contribution in [2.24, 2.45) is 5.73 Å². The molecule has 0 amide bonds. The number of pyridine rings is 1. The number of nitrogens with two attached hydrogens (primary N) is 1. The fourth-order valence-corrected chi connectivity index (χ4v) is 1.13. The summed E-state index contributed by atoms with van der Waals surface area (Å²) in [5.41, 5.74) is 7.36. The molecule has 0 bridgehead atoms. The first kappa shape index (κ1) is 7.17. The Bertz CT molecular complexity index is 391. The minimum Gasteiger partial charge on any atom is -0.323 e. The fraction of sp³-hybridized carbons (Fsp3) is 0.286. The number of rotatable bonds is 1. The van der Waals surface area contributed by atoms with E-state index in [4.69, 9.17) is 5.73 Å². The maximum Gasteiger partial charge on any atom is 0.179 e. The zero-order valence-corrected chi connectivity index (χ0v) is 6.68. The Morgan fingerprint density at radius 2 is 2.33 bits per heavy atom. The van der Waals surface area contributed by atoms with Crippen molar-refractivity contribution in [3.8, 4) is 0 Å². The third kappa shape index (κ3) is 0.947. The van der Waals surface area contributed by atoms with Crippen molar-refractivity contribution in [1.29, 1.82) is 0 Å². The molecule has 5 heteroatoms. The second-order valence-electron chi connectivity index (χ2n) is 2.69. The van der Waals surface area contributed by atoms with Gasteiger partial charge in [0, 0.05) is 6.04 Å². The lowest BCUT2D eigenvalue weighted by atomic mass is 10.2. The fourth-order valence-electron chi connectivity index (χ4n) is 1.13. The molecular weight excluding hydrogens is 154 g/mol. The number of hydrogen-bond acceptors (Lipinski definition) is 4. The molecule has 0 aliphatic carbocycles. The van der Waals surface area contributed by atoms with Crippen LogP contribution >= 0.6 is 0 Å². The van der Waals surface area contributed by atoms with Crippen LogP contribution in [0, 0.1) is 0 Å². The van der Waals surface area contributed by atoms with Crippen LogP contribution in [0.1, 0.15) is 18.7 Å². The van der Waals surface area contributed by atoms with Crippen LogP contribution in [-0.4, -0.2) is 20.0 Å². The molecule has 2 rings (SSSR count). The van der Waals surface area contributed by atoms with Gasteiger partial charge in [0.2, 0.25) is 0 Å². The van der Waals surface area contributed by atoms with Crippen molar-refractivity contribution in [1.82, 2.24) is 20.0 Å². The molecule has 62 valence electrons. The summed E-state index contributed by atoms with van der Waals surface area (Å²) in [7, 11) is 0. The van der Waals surface area contributed by atoms with E-state index in [1.807, 2.05) is 25.1 Å². The molecule has 0 saturated heterocycles. The molecule has 1 atom stereocenters. The lowest BCUT2D eigenvalue weighted by Gasteiger charge is -2.05. The van der Waals surface area contributed by atoms with Gasteiger partial charge < -0.3 is 5.73 Å². The van der Waals surface area contributed by atoms with Gasteiger partial charge in [0.15, 0.2) is 5.65 Å². The molecule has 0 radical (unpaired) electrons. The smallest absolute Gasteiger partial charge is 0.179 e. The molecular formula is C7H9N5. The largest absolute Gasteiger partial charge is 0.323 e. The Morgan fingerprint density at radius 1 is 1.50 bits per heavy atom. The van der Waals surface area contributed by atoms with E-state index in [9.17, 15) is 0 Å². The topological polar surface area (TPSA) is 69.1 Å². The molecule has 0 aliphatic rings. The van der Waals surface area contributed by atoms with Crippen LogP contribution in [0.3, 0.4) is 0 Å².